The number of carbonyl (C=O) groups is 2. The fourth-order valence-electron chi connectivity index (χ4n) is 5.21. The van der Waals surface area contributed by atoms with E-state index in [1.54, 1.807) is 14.1 Å². The molecule has 0 fully saturated rings. The molecule has 0 spiro atoms. The van der Waals surface area contributed by atoms with Crippen molar-refractivity contribution in [2.75, 3.05) is 14.1 Å². The molecule has 0 aromatic rings. The molecule has 1 amide bonds. The largest absolute Gasteiger partial charge is 0.461 e. The van der Waals surface area contributed by atoms with Crippen LogP contribution in [0.5, 0.6) is 0 Å². The Kier molecular flexibility index (Phi) is 11.7. The number of hydrogen-bond donors (Lipinski definition) is 5. The average Bonchev–Trinajstić information content (AvgIpc) is 2.82. The lowest BCUT2D eigenvalue weighted by Crippen LogP contribution is -2.43. The molecule has 0 radical (unpaired) electrons. The van der Waals surface area contributed by atoms with Crippen LogP contribution in [-0.4, -0.2) is 71.3 Å². The van der Waals surface area contributed by atoms with Crippen LogP contribution in [0.15, 0.2) is 28.8 Å². The lowest BCUT2D eigenvalue weighted by molar-refractivity contribution is -0.164. The highest BCUT2D eigenvalue weighted by Crippen LogP contribution is 2.45. The molecule has 0 unspecified atom stereocenters. The highest BCUT2D eigenvalue weighted by atomic mass is 16.5. The summed E-state index contributed by atoms with van der Waals surface area (Å²) in [6.45, 7) is 10.1. The first-order valence-electron chi connectivity index (χ1n) is 14.0. The topological polar surface area (TPSA) is 161 Å². The average molecular weight is 548 g/mol. The number of aliphatic hydroxyl groups is 2. The van der Waals surface area contributed by atoms with Crippen molar-refractivity contribution in [3.63, 3.8) is 0 Å². The number of ether oxygens (including phenoxy) is 1. The molecule has 10 heteroatoms. The second kappa shape index (κ2) is 14.1. The van der Waals surface area contributed by atoms with Gasteiger partial charge in [0, 0.05) is 20.0 Å². The van der Waals surface area contributed by atoms with Crippen LogP contribution in [0.1, 0.15) is 73.1 Å². The zero-order valence-corrected chi connectivity index (χ0v) is 24.6. The van der Waals surface area contributed by atoms with Crippen LogP contribution in [0.25, 0.3) is 0 Å². The second-order valence-electron chi connectivity index (χ2n) is 12.1. The van der Waals surface area contributed by atoms with Gasteiger partial charge in [-0.3, -0.25) is 20.3 Å². The maximum Gasteiger partial charge on any atom is 0.311 e. The highest BCUT2D eigenvalue weighted by molar-refractivity contribution is 6.01. The molecule has 0 heterocycles. The van der Waals surface area contributed by atoms with Gasteiger partial charge in [0.2, 0.25) is 17.8 Å². The maximum atomic E-state index is 13.0. The van der Waals surface area contributed by atoms with E-state index in [1.165, 1.54) is 10.5 Å². The Morgan fingerprint density at radius 2 is 1.95 bits per heavy atom. The van der Waals surface area contributed by atoms with E-state index in [0.717, 1.165) is 6.42 Å². The van der Waals surface area contributed by atoms with Crippen molar-refractivity contribution in [2.24, 2.45) is 39.8 Å². The molecule has 10 nitrogen and oxygen atoms in total. The molecular formula is C29H49N5O5. The van der Waals surface area contributed by atoms with Crippen LogP contribution in [0, 0.1) is 34.5 Å². The number of fused-ring (bicyclic) bond motifs is 1. The number of carbonyl (C=O) groups excluding carboxylic acids is 2. The first-order valence-corrected chi connectivity index (χ1v) is 14.0. The Labute approximate surface area is 233 Å². The normalized spacial score (nSPS) is 26.6. The van der Waals surface area contributed by atoms with E-state index in [-0.39, 0.29) is 54.6 Å². The molecule has 220 valence electrons. The van der Waals surface area contributed by atoms with Gasteiger partial charge < -0.3 is 25.6 Å². The molecule has 0 aliphatic heterocycles. The Morgan fingerprint density at radius 3 is 2.56 bits per heavy atom. The van der Waals surface area contributed by atoms with E-state index in [9.17, 15) is 19.8 Å². The predicted molar refractivity (Wildman–Crippen MR) is 153 cm³/mol. The number of amides is 1. The van der Waals surface area contributed by atoms with Gasteiger partial charge in [-0.05, 0) is 69.3 Å². The zero-order valence-electron chi connectivity index (χ0n) is 24.6. The third-order valence-electron chi connectivity index (χ3n) is 8.01. The van der Waals surface area contributed by atoms with Crippen LogP contribution in [0.2, 0.25) is 0 Å². The van der Waals surface area contributed by atoms with E-state index in [0.29, 0.717) is 25.2 Å². The number of esters is 1. The summed E-state index contributed by atoms with van der Waals surface area (Å²) in [7, 11) is 3.25. The van der Waals surface area contributed by atoms with Gasteiger partial charge in [-0.2, -0.15) is 4.99 Å². The fraction of sp³-hybridized carbons (Fsp3) is 0.724. The van der Waals surface area contributed by atoms with Crippen LogP contribution in [0.3, 0.4) is 0 Å². The predicted octanol–water partition coefficient (Wildman–Crippen LogP) is 2.95. The zero-order chi connectivity index (χ0) is 29.5. The summed E-state index contributed by atoms with van der Waals surface area (Å²) in [5.74, 6) is -0.280. The number of nitrogens with zero attached hydrogens (tertiary/aromatic N) is 2. The van der Waals surface area contributed by atoms with Crippen LogP contribution >= 0.6 is 0 Å². The molecule has 0 aromatic heterocycles. The molecule has 0 saturated heterocycles. The van der Waals surface area contributed by atoms with Gasteiger partial charge >= 0.3 is 5.97 Å². The number of guanidine groups is 2. The summed E-state index contributed by atoms with van der Waals surface area (Å²) in [6.07, 6.45) is 6.95. The Hall–Kier alpha value is -2.72. The van der Waals surface area contributed by atoms with Crippen molar-refractivity contribution < 1.29 is 24.5 Å². The molecule has 0 bridgehead atoms. The quantitative estimate of drug-likeness (QED) is 0.160. The number of aliphatic imine (C=N–C) groups is 1. The number of hydrogen-bond acceptors (Lipinski definition) is 6. The number of rotatable bonds is 10. The SMILES string of the molecule is CCC(C)(C)C(=O)O[C@H]1C[C@@H](C)C=C2C=C[C@H](C)[C@H](CC[C@@H](O)C[C@@H](O)CC(=O)N/C(N)=N/C(=N)N(C)C)[C@H]21. The molecule has 2 aliphatic rings. The van der Waals surface area contributed by atoms with Crippen LogP contribution in [0.4, 0.5) is 0 Å². The van der Waals surface area contributed by atoms with E-state index >= 15 is 0 Å². The molecule has 6 N–H and O–H groups in total. The third-order valence-corrected chi connectivity index (χ3v) is 8.01. The smallest absolute Gasteiger partial charge is 0.311 e. The molecule has 0 aromatic carbocycles. The molecular weight excluding hydrogens is 498 g/mol. The standard InChI is InChI=1S/C29H49N5O5/c1-8-29(4,5)26(38)39-23-14-17(2)13-19-10-9-18(3)22(25(19)23)12-11-20(35)15-21(36)16-24(37)32-27(30)33-28(31)34(6)7/h9-10,13,17-18,20-23,25,35-36H,8,11-12,14-16H2,1-7H3,(H4,30,31,32,33,37)/t17-,18-,20+,21+,22-,23-,25-/m0/s1. The molecule has 7 atom stereocenters. The van der Waals surface area contributed by atoms with E-state index in [2.05, 4.69) is 42.4 Å². The summed E-state index contributed by atoms with van der Waals surface area (Å²) in [6, 6.07) is 0. The lowest BCUT2D eigenvalue weighted by atomic mass is 9.65. The van der Waals surface area contributed by atoms with E-state index in [4.69, 9.17) is 15.9 Å². The van der Waals surface area contributed by atoms with Gasteiger partial charge in [-0.25, -0.2) is 0 Å². The number of nitrogens with one attached hydrogen (secondary N) is 2. The fourth-order valence-corrected chi connectivity index (χ4v) is 5.21. The van der Waals surface area contributed by atoms with Crippen molar-refractivity contribution in [1.82, 2.24) is 10.2 Å². The first-order chi connectivity index (χ1) is 18.1. The minimum Gasteiger partial charge on any atom is -0.461 e. The summed E-state index contributed by atoms with van der Waals surface area (Å²) in [5.41, 5.74) is 6.30. The summed E-state index contributed by atoms with van der Waals surface area (Å²) in [4.78, 5) is 30.3. The molecule has 2 aliphatic carbocycles. The maximum absolute atomic E-state index is 13.0. The number of aliphatic hydroxyl groups excluding tert-OH is 2. The highest BCUT2D eigenvalue weighted by Gasteiger charge is 2.42. The summed E-state index contributed by atoms with van der Waals surface area (Å²) < 4.78 is 6.15. The van der Waals surface area contributed by atoms with Crippen LogP contribution < -0.4 is 11.1 Å². The van der Waals surface area contributed by atoms with Crippen molar-refractivity contribution in [3.8, 4) is 0 Å². The Balaban J connectivity index is 1.99. The molecule has 0 saturated carbocycles. The van der Waals surface area contributed by atoms with Gasteiger partial charge in [-0.1, -0.05) is 39.0 Å². The van der Waals surface area contributed by atoms with Gasteiger partial charge in [0.1, 0.15) is 6.10 Å². The van der Waals surface area contributed by atoms with Crippen molar-refractivity contribution in [2.45, 2.75) is 91.5 Å². The minimum absolute atomic E-state index is 0.0441. The van der Waals surface area contributed by atoms with Crippen molar-refractivity contribution in [3.05, 3.63) is 23.8 Å². The van der Waals surface area contributed by atoms with Crippen molar-refractivity contribution >= 4 is 23.8 Å². The summed E-state index contributed by atoms with van der Waals surface area (Å²) >= 11 is 0. The van der Waals surface area contributed by atoms with Gasteiger partial charge in [0.15, 0.2) is 0 Å². The van der Waals surface area contributed by atoms with E-state index < -0.39 is 23.5 Å². The van der Waals surface area contributed by atoms with Gasteiger partial charge in [-0.15, -0.1) is 0 Å². The Morgan fingerprint density at radius 1 is 1.28 bits per heavy atom. The van der Waals surface area contributed by atoms with E-state index in [1.807, 2.05) is 20.8 Å². The van der Waals surface area contributed by atoms with Crippen molar-refractivity contribution in [1.29, 1.82) is 5.41 Å². The third kappa shape index (κ3) is 9.46. The second-order valence-corrected chi connectivity index (χ2v) is 12.1. The number of allylic oxidation sites excluding steroid dienone is 3. The monoisotopic (exact) mass is 547 g/mol. The van der Waals surface area contributed by atoms with Gasteiger partial charge in [0.05, 0.1) is 24.0 Å². The van der Waals surface area contributed by atoms with Gasteiger partial charge in [0.25, 0.3) is 0 Å². The Bertz CT molecular complexity index is 973. The summed E-state index contributed by atoms with van der Waals surface area (Å²) in [5, 5.41) is 31.1. The minimum atomic E-state index is -1.05. The molecule has 2 rings (SSSR count). The molecule has 39 heavy (non-hydrogen) atoms. The first kappa shape index (κ1) is 32.5. The number of nitrogens with two attached hydrogens (primary N) is 1. The van der Waals surface area contributed by atoms with Crippen LogP contribution in [-0.2, 0) is 14.3 Å². The lowest BCUT2D eigenvalue weighted by Gasteiger charge is -2.44.